The zero-order valence-electron chi connectivity index (χ0n) is 9.45. The number of rotatable bonds is 6. The van der Waals surface area contributed by atoms with Gasteiger partial charge < -0.3 is 15.4 Å². The molecule has 0 radical (unpaired) electrons. The van der Waals surface area contributed by atoms with Crippen molar-refractivity contribution in [2.75, 3.05) is 6.54 Å². The summed E-state index contributed by atoms with van der Waals surface area (Å²) in [6.45, 7) is 1.71. The minimum Gasteiger partial charge on any atom is -0.481 e. The molecule has 1 heterocycles. The fourth-order valence-corrected chi connectivity index (χ4v) is 1.27. The van der Waals surface area contributed by atoms with Gasteiger partial charge in [-0.1, -0.05) is 0 Å². The minimum atomic E-state index is -0.891. The van der Waals surface area contributed by atoms with Crippen LogP contribution < -0.4 is 5.32 Å². The molecule has 0 fully saturated rings. The van der Waals surface area contributed by atoms with Crippen molar-refractivity contribution in [3.63, 3.8) is 0 Å². The molecule has 0 saturated heterocycles. The summed E-state index contributed by atoms with van der Waals surface area (Å²) in [6, 6.07) is 1.47. The number of carbonyl (C=O) groups excluding carboxylic acids is 2. The van der Waals surface area contributed by atoms with Gasteiger partial charge in [-0.15, -0.1) is 0 Å². The van der Waals surface area contributed by atoms with Gasteiger partial charge in [-0.3, -0.25) is 14.4 Å². The van der Waals surface area contributed by atoms with Crippen molar-refractivity contribution in [1.29, 1.82) is 0 Å². The van der Waals surface area contributed by atoms with E-state index in [1.165, 1.54) is 19.2 Å². The highest BCUT2D eigenvalue weighted by molar-refractivity contribution is 5.99. The quantitative estimate of drug-likeness (QED) is 0.504. The van der Waals surface area contributed by atoms with E-state index in [0.717, 1.165) is 0 Å². The number of H-pyrrole nitrogens is 1. The van der Waals surface area contributed by atoms with Crippen molar-refractivity contribution in [3.8, 4) is 0 Å². The lowest BCUT2D eigenvalue weighted by Crippen LogP contribution is -2.25. The van der Waals surface area contributed by atoms with Crippen LogP contribution in [0.15, 0.2) is 12.3 Å². The monoisotopic (exact) mass is 238 g/mol. The number of carboxylic acid groups (broad SMARTS) is 1. The minimum absolute atomic E-state index is 0.0176. The Morgan fingerprint density at radius 3 is 2.65 bits per heavy atom. The van der Waals surface area contributed by atoms with Crippen LogP contribution in [0.3, 0.4) is 0 Å². The van der Waals surface area contributed by atoms with Crippen LogP contribution in [-0.2, 0) is 4.79 Å². The van der Waals surface area contributed by atoms with Gasteiger partial charge in [0.25, 0.3) is 5.91 Å². The smallest absolute Gasteiger partial charge is 0.303 e. The Hall–Kier alpha value is -2.11. The maximum Gasteiger partial charge on any atom is 0.303 e. The number of amides is 1. The largest absolute Gasteiger partial charge is 0.481 e. The van der Waals surface area contributed by atoms with Crippen LogP contribution in [0.1, 0.15) is 40.6 Å². The van der Waals surface area contributed by atoms with E-state index in [0.29, 0.717) is 24.2 Å². The lowest BCUT2D eigenvalue weighted by atomic mass is 10.2. The normalized spacial score (nSPS) is 9.94. The molecule has 17 heavy (non-hydrogen) atoms. The van der Waals surface area contributed by atoms with Crippen molar-refractivity contribution in [2.24, 2.45) is 0 Å². The number of Topliss-reactive ketones (excluding diaryl/α,β-unsaturated/α-hetero) is 1. The Labute approximate surface area is 98.0 Å². The first-order chi connectivity index (χ1) is 8.00. The van der Waals surface area contributed by atoms with Crippen LogP contribution in [-0.4, -0.2) is 34.3 Å². The molecule has 0 aliphatic rings. The third-order valence-electron chi connectivity index (χ3n) is 2.19. The average molecular weight is 238 g/mol. The van der Waals surface area contributed by atoms with E-state index in [1.54, 1.807) is 0 Å². The summed E-state index contributed by atoms with van der Waals surface area (Å²) in [5.74, 6) is -1.35. The first-order valence-corrected chi connectivity index (χ1v) is 5.20. The van der Waals surface area contributed by atoms with E-state index in [-0.39, 0.29) is 18.1 Å². The number of hydrogen-bond acceptors (Lipinski definition) is 3. The standard InChI is InChI=1S/C11H14N2O4/c1-7(14)8-5-9(13-6-8)11(17)12-4-2-3-10(15)16/h5-6,13H,2-4H2,1H3,(H,12,17)(H,15,16). The number of nitrogens with one attached hydrogen (secondary N) is 2. The molecule has 0 aliphatic carbocycles. The summed E-state index contributed by atoms with van der Waals surface area (Å²) < 4.78 is 0. The van der Waals surface area contributed by atoms with Crippen LogP contribution in [0.2, 0.25) is 0 Å². The van der Waals surface area contributed by atoms with Crippen LogP contribution in [0.4, 0.5) is 0 Å². The molecule has 0 bridgehead atoms. The fraction of sp³-hybridized carbons (Fsp3) is 0.364. The molecular formula is C11H14N2O4. The molecule has 6 heteroatoms. The summed E-state index contributed by atoms with van der Waals surface area (Å²) in [4.78, 5) is 35.4. The second-order valence-electron chi connectivity index (χ2n) is 3.61. The molecule has 0 atom stereocenters. The number of aliphatic carboxylic acids is 1. The van der Waals surface area contributed by atoms with Crippen molar-refractivity contribution in [2.45, 2.75) is 19.8 Å². The number of aromatic nitrogens is 1. The van der Waals surface area contributed by atoms with E-state index in [2.05, 4.69) is 10.3 Å². The summed E-state index contributed by atoms with van der Waals surface area (Å²) in [5.41, 5.74) is 0.742. The summed E-state index contributed by atoms with van der Waals surface area (Å²) in [7, 11) is 0. The number of hydrogen-bond donors (Lipinski definition) is 3. The molecular weight excluding hydrogens is 224 g/mol. The Kier molecular flexibility index (Phi) is 4.45. The third-order valence-corrected chi connectivity index (χ3v) is 2.19. The Bertz CT molecular complexity index is 436. The van der Waals surface area contributed by atoms with Crippen molar-refractivity contribution in [1.82, 2.24) is 10.3 Å². The van der Waals surface area contributed by atoms with Crippen LogP contribution in [0, 0.1) is 0 Å². The van der Waals surface area contributed by atoms with E-state index in [1.807, 2.05) is 0 Å². The first kappa shape index (κ1) is 13.0. The number of aromatic amines is 1. The maximum atomic E-state index is 11.5. The summed E-state index contributed by atoms with van der Waals surface area (Å²) in [5, 5.41) is 11.0. The Morgan fingerprint density at radius 2 is 2.12 bits per heavy atom. The van der Waals surface area contributed by atoms with E-state index >= 15 is 0 Å². The second-order valence-corrected chi connectivity index (χ2v) is 3.61. The molecule has 92 valence electrons. The highest BCUT2D eigenvalue weighted by Crippen LogP contribution is 2.04. The van der Waals surface area contributed by atoms with Gasteiger partial charge in [-0.2, -0.15) is 0 Å². The molecule has 1 amide bonds. The van der Waals surface area contributed by atoms with E-state index < -0.39 is 5.97 Å². The molecule has 0 aliphatic heterocycles. The zero-order chi connectivity index (χ0) is 12.8. The summed E-state index contributed by atoms with van der Waals surface area (Å²) in [6.07, 6.45) is 1.86. The van der Waals surface area contributed by atoms with Gasteiger partial charge in [0.1, 0.15) is 5.69 Å². The lowest BCUT2D eigenvalue weighted by molar-refractivity contribution is -0.137. The number of ketones is 1. The van der Waals surface area contributed by atoms with Gasteiger partial charge in [0, 0.05) is 24.7 Å². The van der Waals surface area contributed by atoms with Crippen LogP contribution >= 0.6 is 0 Å². The molecule has 1 rings (SSSR count). The Balaban J connectivity index is 2.41. The van der Waals surface area contributed by atoms with Crippen molar-refractivity contribution >= 4 is 17.7 Å². The van der Waals surface area contributed by atoms with Gasteiger partial charge in [-0.05, 0) is 19.4 Å². The van der Waals surface area contributed by atoms with Gasteiger partial charge in [0.15, 0.2) is 5.78 Å². The second kappa shape index (κ2) is 5.83. The fourth-order valence-electron chi connectivity index (χ4n) is 1.27. The van der Waals surface area contributed by atoms with E-state index in [4.69, 9.17) is 5.11 Å². The van der Waals surface area contributed by atoms with E-state index in [9.17, 15) is 14.4 Å². The molecule has 0 spiro atoms. The molecule has 3 N–H and O–H groups in total. The molecule has 0 unspecified atom stereocenters. The highest BCUT2D eigenvalue weighted by Gasteiger charge is 2.09. The van der Waals surface area contributed by atoms with Crippen LogP contribution in [0.5, 0.6) is 0 Å². The lowest BCUT2D eigenvalue weighted by Gasteiger charge is -2.01. The highest BCUT2D eigenvalue weighted by atomic mass is 16.4. The van der Waals surface area contributed by atoms with Gasteiger partial charge in [0.2, 0.25) is 0 Å². The number of carboxylic acids is 1. The molecule has 0 aromatic carbocycles. The van der Waals surface area contributed by atoms with Crippen molar-refractivity contribution < 1.29 is 19.5 Å². The van der Waals surface area contributed by atoms with Crippen LogP contribution in [0.25, 0.3) is 0 Å². The number of carbonyl (C=O) groups is 3. The van der Waals surface area contributed by atoms with Crippen molar-refractivity contribution in [3.05, 3.63) is 23.5 Å². The van der Waals surface area contributed by atoms with Gasteiger partial charge in [-0.25, -0.2) is 0 Å². The topological polar surface area (TPSA) is 99.3 Å². The molecule has 1 aromatic heterocycles. The van der Waals surface area contributed by atoms with Gasteiger partial charge >= 0.3 is 5.97 Å². The predicted molar refractivity (Wildman–Crippen MR) is 60.0 cm³/mol. The average Bonchev–Trinajstić information content (AvgIpc) is 2.73. The van der Waals surface area contributed by atoms with Gasteiger partial charge in [0.05, 0.1) is 0 Å². The molecule has 1 aromatic rings. The maximum absolute atomic E-state index is 11.5. The first-order valence-electron chi connectivity index (χ1n) is 5.20. The third kappa shape index (κ3) is 4.10. The molecule has 0 saturated carbocycles. The predicted octanol–water partition coefficient (Wildman–Crippen LogP) is 0.812. The molecule has 6 nitrogen and oxygen atoms in total. The summed E-state index contributed by atoms with van der Waals surface area (Å²) >= 11 is 0. The Morgan fingerprint density at radius 1 is 1.41 bits per heavy atom. The zero-order valence-corrected chi connectivity index (χ0v) is 9.45. The SMILES string of the molecule is CC(=O)c1c[nH]c(C(=O)NCCCC(=O)O)c1.